The molecule has 1 aromatic carbocycles. The first-order chi connectivity index (χ1) is 10.3. The van der Waals surface area contributed by atoms with Gasteiger partial charge in [-0.3, -0.25) is 9.78 Å². The summed E-state index contributed by atoms with van der Waals surface area (Å²) in [5, 5.41) is 2.83. The number of nitrogens with zero attached hydrogens (tertiary/aromatic N) is 1. The zero-order chi connectivity index (χ0) is 14.9. The fourth-order valence-corrected chi connectivity index (χ4v) is 1.89. The van der Waals surface area contributed by atoms with Crippen LogP contribution in [0.5, 0.6) is 5.75 Å². The molecule has 1 heterocycles. The average Bonchev–Trinajstić information content (AvgIpc) is 2.54. The Kier molecular flexibility index (Phi) is 5.52. The number of hydrogen-bond donors (Lipinski definition) is 1. The Balaban J connectivity index is 1.83. The van der Waals surface area contributed by atoms with Gasteiger partial charge in [0.25, 0.3) is 0 Å². The molecule has 0 spiro atoms. The SMILES string of the molecule is COc1ccccc1/C=C/C(=O)NCCc1ccccn1. The van der Waals surface area contributed by atoms with E-state index in [0.29, 0.717) is 6.54 Å². The first kappa shape index (κ1) is 14.8. The van der Waals surface area contributed by atoms with Gasteiger partial charge >= 0.3 is 0 Å². The predicted molar refractivity (Wildman–Crippen MR) is 83.0 cm³/mol. The monoisotopic (exact) mass is 282 g/mol. The minimum Gasteiger partial charge on any atom is -0.496 e. The van der Waals surface area contributed by atoms with Crippen LogP contribution in [0.4, 0.5) is 0 Å². The fraction of sp³-hybridized carbons (Fsp3) is 0.176. The lowest BCUT2D eigenvalue weighted by Crippen LogP contribution is -2.23. The molecule has 0 bridgehead atoms. The zero-order valence-electron chi connectivity index (χ0n) is 12.0. The topological polar surface area (TPSA) is 51.2 Å². The smallest absolute Gasteiger partial charge is 0.244 e. The zero-order valence-corrected chi connectivity index (χ0v) is 12.0. The van der Waals surface area contributed by atoms with Crippen molar-refractivity contribution in [3.8, 4) is 5.75 Å². The molecular weight excluding hydrogens is 264 g/mol. The van der Waals surface area contributed by atoms with Crippen molar-refractivity contribution in [2.45, 2.75) is 6.42 Å². The average molecular weight is 282 g/mol. The Hall–Kier alpha value is -2.62. The first-order valence-electron chi connectivity index (χ1n) is 6.78. The highest BCUT2D eigenvalue weighted by Crippen LogP contribution is 2.18. The molecule has 0 atom stereocenters. The number of para-hydroxylation sites is 1. The second-order valence-corrected chi connectivity index (χ2v) is 4.44. The molecule has 1 N–H and O–H groups in total. The van der Waals surface area contributed by atoms with Crippen LogP contribution in [0.25, 0.3) is 6.08 Å². The van der Waals surface area contributed by atoms with Crippen molar-refractivity contribution in [1.29, 1.82) is 0 Å². The van der Waals surface area contributed by atoms with Crippen LogP contribution in [0, 0.1) is 0 Å². The van der Waals surface area contributed by atoms with Crippen LogP contribution >= 0.6 is 0 Å². The molecule has 0 unspecified atom stereocenters. The van der Waals surface area contributed by atoms with Crippen LogP contribution in [-0.4, -0.2) is 24.5 Å². The van der Waals surface area contributed by atoms with E-state index in [-0.39, 0.29) is 5.91 Å². The van der Waals surface area contributed by atoms with E-state index in [1.165, 1.54) is 6.08 Å². The maximum atomic E-state index is 11.7. The largest absolute Gasteiger partial charge is 0.496 e. The van der Waals surface area contributed by atoms with Gasteiger partial charge in [0.1, 0.15) is 5.75 Å². The fourth-order valence-electron chi connectivity index (χ4n) is 1.89. The second kappa shape index (κ2) is 7.85. The van der Waals surface area contributed by atoms with Crippen molar-refractivity contribution in [3.05, 3.63) is 66.0 Å². The minimum atomic E-state index is -0.128. The molecule has 0 aliphatic heterocycles. The van der Waals surface area contributed by atoms with Crippen LogP contribution in [0.15, 0.2) is 54.7 Å². The van der Waals surface area contributed by atoms with Gasteiger partial charge in [0.05, 0.1) is 7.11 Å². The third kappa shape index (κ3) is 4.76. The van der Waals surface area contributed by atoms with Gasteiger partial charge < -0.3 is 10.1 Å². The molecule has 4 nitrogen and oxygen atoms in total. The van der Waals surface area contributed by atoms with E-state index in [9.17, 15) is 4.79 Å². The van der Waals surface area contributed by atoms with E-state index < -0.39 is 0 Å². The lowest BCUT2D eigenvalue weighted by molar-refractivity contribution is -0.116. The van der Waals surface area contributed by atoms with E-state index in [0.717, 1.165) is 23.4 Å². The summed E-state index contributed by atoms with van der Waals surface area (Å²) in [6.07, 6.45) is 5.72. The molecule has 21 heavy (non-hydrogen) atoms. The van der Waals surface area contributed by atoms with Crippen molar-refractivity contribution in [1.82, 2.24) is 10.3 Å². The Morgan fingerprint density at radius 2 is 2.05 bits per heavy atom. The number of methoxy groups -OCH3 is 1. The highest BCUT2D eigenvalue weighted by molar-refractivity contribution is 5.92. The molecule has 2 aromatic rings. The predicted octanol–water partition coefficient (Wildman–Crippen LogP) is 2.46. The van der Waals surface area contributed by atoms with Crippen LogP contribution in [-0.2, 0) is 11.2 Å². The normalized spacial score (nSPS) is 10.5. The quantitative estimate of drug-likeness (QED) is 0.828. The summed E-state index contributed by atoms with van der Waals surface area (Å²) in [6.45, 7) is 0.562. The maximum Gasteiger partial charge on any atom is 0.244 e. The Morgan fingerprint density at radius 1 is 1.24 bits per heavy atom. The summed E-state index contributed by atoms with van der Waals surface area (Å²) in [6, 6.07) is 13.3. The summed E-state index contributed by atoms with van der Waals surface area (Å²) >= 11 is 0. The Morgan fingerprint density at radius 3 is 2.81 bits per heavy atom. The summed E-state index contributed by atoms with van der Waals surface area (Å²) in [5.74, 6) is 0.617. The first-order valence-corrected chi connectivity index (χ1v) is 6.78. The number of amides is 1. The van der Waals surface area contributed by atoms with E-state index in [1.54, 1.807) is 19.4 Å². The number of ether oxygens (including phenoxy) is 1. The van der Waals surface area contributed by atoms with E-state index in [1.807, 2.05) is 42.5 Å². The van der Waals surface area contributed by atoms with Crippen LogP contribution in [0.3, 0.4) is 0 Å². The summed E-state index contributed by atoms with van der Waals surface area (Å²) in [5.41, 5.74) is 1.84. The lowest BCUT2D eigenvalue weighted by atomic mass is 10.2. The summed E-state index contributed by atoms with van der Waals surface area (Å²) in [7, 11) is 1.61. The summed E-state index contributed by atoms with van der Waals surface area (Å²) in [4.78, 5) is 16.0. The molecule has 0 aliphatic carbocycles. The lowest BCUT2D eigenvalue weighted by Gasteiger charge is -2.04. The van der Waals surface area contributed by atoms with Gasteiger partial charge in [-0.25, -0.2) is 0 Å². The van der Waals surface area contributed by atoms with Gasteiger partial charge in [-0.05, 0) is 24.3 Å². The van der Waals surface area contributed by atoms with Gasteiger partial charge in [0.15, 0.2) is 0 Å². The third-order valence-corrected chi connectivity index (χ3v) is 2.96. The van der Waals surface area contributed by atoms with Crippen LogP contribution in [0.2, 0.25) is 0 Å². The number of benzene rings is 1. The van der Waals surface area contributed by atoms with Gasteiger partial charge in [-0.15, -0.1) is 0 Å². The van der Waals surface area contributed by atoms with Crippen molar-refractivity contribution in [2.24, 2.45) is 0 Å². The number of hydrogen-bond acceptors (Lipinski definition) is 3. The molecular formula is C17H18N2O2. The van der Waals surface area contributed by atoms with E-state index in [4.69, 9.17) is 4.74 Å². The molecule has 4 heteroatoms. The molecule has 0 saturated carbocycles. The molecule has 0 aliphatic rings. The molecule has 1 amide bonds. The summed E-state index contributed by atoms with van der Waals surface area (Å²) < 4.78 is 5.23. The number of carbonyl (C=O) groups excluding carboxylic acids is 1. The molecule has 0 radical (unpaired) electrons. The van der Waals surface area contributed by atoms with Crippen molar-refractivity contribution >= 4 is 12.0 Å². The maximum absolute atomic E-state index is 11.7. The van der Waals surface area contributed by atoms with Crippen molar-refractivity contribution in [2.75, 3.05) is 13.7 Å². The highest BCUT2D eigenvalue weighted by atomic mass is 16.5. The molecule has 2 rings (SSSR count). The van der Waals surface area contributed by atoms with Gasteiger partial charge in [-0.2, -0.15) is 0 Å². The standard InChI is InChI=1S/C17H18N2O2/c1-21-16-8-3-2-6-14(16)9-10-17(20)19-13-11-15-7-4-5-12-18-15/h2-10,12H,11,13H2,1H3,(H,19,20)/b10-9+. The number of pyridine rings is 1. The van der Waals surface area contributed by atoms with Crippen molar-refractivity contribution in [3.63, 3.8) is 0 Å². The molecule has 0 saturated heterocycles. The van der Waals surface area contributed by atoms with Gasteiger partial charge in [-0.1, -0.05) is 24.3 Å². The van der Waals surface area contributed by atoms with Crippen molar-refractivity contribution < 1.29 is 9.53 Å². The minimum absolute atomic E-state index is 0.128. The Bertz CT molecular complexity index is 609. The number of rotatable bonds is 6. The number of carbonyl (C=O) groups is 1. The highest BCUT2D eigenvalue weighted by Gasteiger charge is 1.99. The van der Waals surface area contributed by atoms with E-state index in [2.05, 4.69) is 10.3 Å². The Labute approximate surface area is 124 Å². The van der Waals surface area contributed by atoms with E-state index >= 15 is 0 Å². The second-order valence-electron chi connectivity index (χ2n) is 4.44. The third-order valence-electron chi connectivity index (χ3n) is 2.96. The number of aromatic nitrogens is 1. The van der Waals surface area contributed by atoms with Gasteiger partial charge in [0.2, 0.25) is 5.91 Å². The number of nitrogens with one attached hydrogen (secondary N) is 1. The van der Waals surface area contributed by atoms with Crippen LogP contribution in [0.1, 0.15) is 11.3 Å². The molecule has 108 valence electrons. The molecule has 1 aromatic heterocycles. The van der Waals surface area contributed by atoms with Gasteiger partial charge in [0, 0.05) is 36.5 Å². The van der Waals surface area contributed by atoms with Crippen LogP contribution < -0.4 is 10.1 Å². The molecule has 0 fully saturated rings.